The first-order chi connectivity index (χ1) is 9.00. The van der Waals surface area contributed by atoms with E-state index in [9.17, 15) is 15.0 Å². The number of unbranched alkanes of at least 4 members (excludes halogenated alkanes) is 2. The summed E-state index contributed by atoms with van der Waals surface area (Å²) in [5.74, 6) is -1.15. The van der Waals surface area contributed by atoms with E-state index in [0.29, 0.717) is 17.7 Å². The maximum Gasteiger partial charge on any atom is 0.333 e. The predicted octanol–water partition coefficient (Wildman–Crippen LogP) is -0.312. The van der Waals surface area contributed by atoms with Crippen LogP contribution >= 0.6 is 0 Å². The number of aliphatic imine (C=N–C) groups is 1. The molecule has 8 heteroatoms. The normalized spacial score (nSPS) is 10.1. The average molecular weight is 270 g/mol. The van der Waals surface area contributed by atoms with Crippen LogP contribution in [0.3, 0.4) is 0 Å². The van der Waals surface area contributed by atoms with Crippen molar-refractivity contribution in [2.45, 2.75) is 25.7 Å². The Hall–Kier alpha value is -2.38. The molecule has 19 heavy (non-hydrogen) atoms. The Bertz CT molecular complexity index is 432. The smallest absolute Gasteiger partial charge is 0.333 e. The number of nitrogens with two attached hydrogens (primary N) is 2. The largest absolute Gasteiger partial charge is 0.492 e. The van der Waals surface area contributed by atoms with E-state index in [4.69, 9.17) is 16.3 Å². The molecule has 0 aromatic carbocycles. The summed E-state index contributed by atoms with van der Waals surface area (Å²) < 4.78 is 0.668. The van der Waals surface area contributed by atoms with Crippen LogP contribution in [0.15, 0.2) is 17.1 Å². The van der Waals surface area contributed by atoms with Crippen molar-refractivity contribution in [3.8, 4) is 11.8 Å². The molecule has 1 aromatic heterocycles. The second-order valence-electron chi connectivity index (χ2n) is 3.92. The molecule has 8 nitrogen and oxygen atoms in total. The zero-order chi connectivity index (χ0) is 14.3. The van der Waals surface area contributed by atoms with Crippen LogP contribution < -0.4 is 16.3 Å². The lowest BCUT2D eigenvalue weighted by Crippen LogP contribution is -2.22. The first-order valence-corrected chi connectivity index (χ1v) is 5.87. The van der Waals surface area contributed by atoms with Crippen LogP contribution in [0.5, 0.6) is 11.8 Å². The minimum atomic E-state index is -0.538. The summed E-state index contributed by atoms with van der Waals surface area (Å²) >= 11 is 0. The third-order valence-corrected chi connectivity index (χ3v) is 2.32. The molecule has 6 N–H and O–H groups in total. The molecule has 0 atom stereocenters. The number of hydrogen-bond acceptors (Lipinski definition) is 5. The van der Waals surface area contributed by atoms with E-state index in [0.717, 1.165) is 12.8 Å². The van der Waals surface area contributed by atoms with Crippen molar-refractivity contribution in [3.05, 3.63) is 12.1 Å². The molecule has 1 aromatic rings. The molecule has 0 saturated heterocycles. The van der Waals surface area contributed by atoms with E-state index in [1.807, 2.05) is 0 Å². The fourth-order valence-corrected chi connectivity index (χ4v) is 1.41. The van der Waals surface area contributed by atoms with Crippen molar-refractivity contribution in [2.75, 3.05) is 6.54 Å². The molecule has 1 rings (SSSR count). The minimum absolute atomic E-state index is 0.0537. The summed E-state index contributed by atoms with van der Waals surface area (Å²) in [6.07, 6.45) is 2.33. The van der Waals surface area contributed by atoms with Crippen molar-refractivity contribution in [1.82, 2.24) is 4.73 Å². The highest BCUT2D eigenvalue weighted by Crippen LogP contribution is 2.18. The maximum absolute atomic E-state index is 11.4. The molecule has 0 spiro atoms. The number of nitrogens with zero attached hydrogens (tertiary/aromatic N) is 2. The molecule has 0 aliphatic heterocycles. The number of carbonyl (C=O) groups excluding carboxylic acids is 1. The van der Waals surface area contributed by atoms with Gasteiger partial charge in [-0.25, -0.2) is 4.79 Å². The number of rotatable bonds is 7. The summed E-state index contributed by atoms with van der Waals surface area (Å²) in [6, 6.07) is 2.44. The Balaban J connectivity index is 2.20. The Kier molecular flexibility index (Phi) is 5.52. The molecule has 106 valence electrons. The minimum Gasteiger partial charge on any atom is -0.492 e. The molecule has 0 aliphatic rings. The molecule has 0 unspecified atom stereocenters. The van der Waals surface area contributed by atoms with Gasteiger partial charge in [-0.15, -0.1) is 4.73 Å². The Labute approximate surface area is 110 Å². The standard InChI is InChI=1S/C11H18N4O4/c12-11(13)14-7-3-1-2-4-10(18)19-15-8(16)5-6-9(15)17/h5-6,16-17H,1-4,7H2,(H4,12,13,14). The van der Waals surface area contributed by atoms with Gasteiger partial charge in [0.2, 0.25) is 11.8 Å². The molecular formula is C11H18N4O4. The van der Waals surface area contributed by atoms with Gasteiger partial charge in [0, 0.05) is 25.1 Å². The quantitative estimate of drug-likeness (QED) is 0.305. The summed E-state index contributed by atoms with van der Waals surface area (Å²) in [4.78, 5) is 20.0. The fraction of sp³-hybridized carbons (Fsp3) is 0.455. The molecule has 0 fully saturated rings. The first kappa shape index (κ1) is 14.7. The van der Waals surface area contributed by atoms with Gasteiger partial charge in [0.15, 0.2) is 5.96 Å². The van der Waals surface area contributed by atoms with Crippen LogP contribution in [0.2, 0.25) is 0 Å². The number of hydrogen-bond donors (Lipinski definition) is 4. The number of aromatic nitrogens is 1. The summed E-state index contributed by atoms with van der Waals surface area (Å²) in [5.41, 5.74) is 10.3. The lowest BCUT2D eigenvalue weighted by atomic mass is 10.2. The predicted molar refractivity (Wildman–Crippen MR) is 68.5 cm³/mol. The Morgan fingerprint density at radius 3 is 2.42 bits per heavy atom. The topological polar surface area (TPSA) is 136 Å². The Morgan fingerprint density at radius 1 is 1.21 bits per heavy atom. The Morgan fingerprint density at radius 2 is 1.84 bits per heavy atom. The highest BCUT2D eigenvalue weighted by Gasteiger charge is 2.11. The first-order valence-electron chi connectivity index (χ1n) is 5.87. The summed E-state index contributed by atoms with van der Waals surface area (Å²) in [5, 5.41) is 18.5. The third-order valence-electron chi connectivity index (χ3n) is 2.32. The zero-order valence-electron chi connectivity index (χ0n) is 10.5. The molecule has 0 radical (unpaired) electrons. The van der Waals surface area contributed by atoms with Crippen LogP contribution in [0.1, 0.15) is 25.7 Å². The molecule has 0 saturated carbocycles. The van der Waals surface area contributed by atoms with Gasteiger partial charge < -0.3 is 26.5 Å². The van der Waals surface area contributed by atoms with Crippen LogP contribution in [0.25, 0.3) is 0 Å². The van der Waals surface area contributed by atoms with Crippen LogP contribution in [0.4, 0.5) is 0 Å². The third kappa shape index (κ3) is 5.19. The van der Waals surface area contributed by atoms with Gasteiger partial charge in [0.1, 0.15) is 0 Å². The van der Waals surface area contributed by atoms with Crippen molar-refractivity contribution < 1.29 is 19.8 Å². The van der Waals surface area contributed by atoms with Crippen molar-refractivity contribution in [2.24, 2.45) is 16.5 Å². The van der Waals surface area contributed by atoms with E-state index < -0.39 is 5.97 Å². The lowest BCUT2D eigenvalue weighted by Gasteiger charge is -2.06. The van der Waals surface area contributed by atoms with Crippen LogP contribution in [-0.4, -0.2) is 33.4 Å². The van der Waals surface area contributed by atoms with E-state index >= 15 is 0 Å². The maximum atomic E-state index is 11.4. The molecule has 0 bridgehead atoms. The van der Waals surface area contributed by atoms with Crippen LogP contribution in [-0.2, 0) is 4.79 Å². The van der Waals surface area contributed by atoms with Gasteiger partial charge >= 0.3 is 5.97 Å². The number of aromatic hydroxyl groups is 2. The monoisotopic (exact) mass is 270 g/mol. The van der Waals surface area contributed by atoms with E-state index in [1.165, 1.54) is 12.1 Å². The SMILES string of the molecule is NC(N)=NCCCCCC(=O)On1c(O)ccc1O. The van der Waals surface area contributed by atoms with Crippen molar-refractivity contribution in [1.29, 1.82) is 0 Å². The van der Waals surface area contributed by atoms with E-state index in [1.54, 1.807) is 0 Å². The van der Waals surface area contributed by atoms with Crippen molar-refractivity contribution >= 4 is 11.9 Å². The van der Waals surface area contributed by atoms with Gasteiger partial charge in [-0.1, -0.05) is 6.42 Å². The fourth-order valence-electron chi connectivity index (χ4n) is 1.41. The van der Waals surface area contributed by atoms with Gasteiger partial charge in [-0.3, -0.25) is 4.99 Å². The number of guanidine groups is 1. The van der Waals surface area contributed by atoms with E-state index in [-0.39, 0.29) is 24.1 Å². The van der Waals surface area contributed by atoms with Gasteiger partial charge in [-0.05, 0) is 12.8 Å². The molecule has 1 heterocycles. The summed E-state index contributed by atoms with van der Waals surface area (Å²) in [7, 11) is 0. The number of carbonyl (C=O) groups is 1. The molecule has 0 amide bonds. The van der Waals surface area contributed by atoms with Gasteiger partial charge in [0.25, 0.3) is 0 Å². The highest BCUT2D eigenvalue weighted by atomic mass is 16.7. The lowest BCUT2D eigenvalue weighted by molar-refractivity contribution is -0.145. The van der Waals surface area contributed by atoms with Gasteiger partial charge in [-0.2, -0.15) is 0 Å². The van der Waals surface area contributed by atoms with Crippen molar-refractivity contribution in [3.63, 3.8) is 0 Å². The summed E-state index contributed by atoms with van der Waals surface area (Å²) in [6.45, 7) is 0.524. The average Bonchev–Trinajstić information content (AvgIpc) is 2.65. The van der Waals surface area contributed by atoms with Gasteiger partial charge in [0.05, 0.1) is 0 Å². The second kappa shape index (κ2) is 7.14. The van der Waals surface area contributed by atoms with E-state index in [2.05, 4.69) is 4.99 Å². The molecule has 0 aliphatic carbocycles. The second-order valence-corrected chi connectivity index (χ2v) is 3.92. The zero-order valence-corrected chi connectivity index (χ0v) is 10.5. The van der Waals surface area contributed by atoms with Crippen LogP contribution in [0, 0.1) is 0 Å². The highest BCUT2D eigenvalue weighted by molar-refractivity contribution is 5.75. The molecular weight excluding hydrogens is 252 g/mol.